The Morgan fingerprint density at radius 2 is 1.75 bits per heavy atom. The molecule has 0 aliphatic heterocycles. The highest BCUT2D eigenvalue weighted by molar-refractivity contribution is 7.89. The largest absolute Gasteiger partial charge is 0.353 e. The van der Waals surface area contributed by atoms with E-state index in [1.807, 2.05) is 6.92 Å². The lowest BCUT2D eigenvalue weighted by atomic mass is 10.2. The summed E-state index contributed by atoms with van der Waals surface area (Å²) in [5, 5.41) is 0. The number of hydroxylamine groups is 1. The SMILES string of the molecule is CC(=O)ON(C)S(=O)(=O)c1ccc(C)cc1. The summed E-state index contributed by atoms with van der Waals surface area (Å²) in [5.74, 6) is -0.682. The molecule has 0 amide bonds. The van der Waals surface area contributed by atoms with E-state index in [4.69, 9.17) is 0 Å². The van der Waals surface area contributed by atoms with E-state index < -0.39 is 16.0 Å². The number of hydrogen-bond donors (Lipinski definition) is 0. The summed E-state index contributed by atoms with van der Waals surface area (Å²) in [4.78, 5) is 15.2. The third kappa shape index (κ3) is 2.80. The van der Waals surface area contributed by atoms with Crippen LogP contribution in [0.5, 0.6) is 0 Å². The Hall–Kier alpha value is -1.40. The van der Waals surface area contributed by atoms with Gasteiger partial charge in [0.2, 0.25) is 0 Å². The Balaban J connectivity index is 3.02. The molecule has 6 heteroatoms. The lowest BCUT2D eigenvalue weighted by Crippen LogP contribution is -2.29. The normalized spacial score (nSPS) is 11.5. The van der Waals surface area contributed by atoms with Gasteiger partial charge in [-0.15, -0.1) is 0 Å². The van der Waals surface area contributed by atoms with E-state index >= 15 is 0 Å². The van der Waals surface area contributed by atoms with Crippen molar-refractivity contribution in [3.63, 3.8) is 0 Å². The van der Waals surface area contributed by atoms with Gasteiger partial charge < -0.3 is 4.84 Å². The fraction of sp³-hybridized carbons (Fsp3) is 0.300. The number of hydrogen-bond acceptors (Lipinski definition) is 4. The maximum atomic E-state index is 11.8. The van der Waals surface area contributed by atoms with Crippen LogP contribution in [0.2, 0.25) is 0 Å². The third-order valence-electron chi connectivity index (χ3n) is 1.91. The van der Waals surface area contributed by atoms with Crippen molar-refractivity contribution in [2.75, 3.05) is 7.05 Å². The van der Waals surface area contributed by atoms with Crippen LogP contribution in [-0.2, 0) is 19.7 Å². The topological polar surface area (TPSA) is 63.7 Å². The van der Waals surface area contributed by atoms with Gasteiger partial charge in [-0.1, -0.05) is 17.7 Å². The molecule has 0 radical (unpaired) electrons. The first-order chi connectivity index (χ1) is 7.34. The second-order valence-electron chi connectivity index (χ2n) is 3.31. The Morgan fingerprint density at radius 1 is 1.25 bits per heavy atom. The molecule has 0 atom stereocenters. The van der Waals surface area contributed by atoms with Gasteiger partial charge in [0.25, 0.3) is 10.0 Å². The van der Waals surface area contributed by atoms with E-state index in [2.05, 4.69) is 4.84 Å². The van der Waals surface area contributed by atoms with E-state index in [0.717, 1.165) is 12.5 Å². The first kappa shape index (κ1) is 12.7. The molecule has 16 heavy (non-hydrogen) atoms. The zero-order valence-corrected chi connectivity index (χ0v) is 10.1. The minimum atomic E-state index is -3.76. The summed E-state index contributed by atoms with van der Waals surface area (Å²) in [6, 6.07) is 6.28. The Bertz CT molecular complexity index is 478. The van der Waals surface area contributed by atoms with Crippen LogP contribution < -0.4 is 0 Å². The maximum absolute atomic E-state index is 11.8. The predicted molar refractivity (Wildman–Crippen MR) is 57.9 cm³/mol. The van der Waals surface area contributed by atoms with E-state index in [-0.39, 0.29) is 4.90 Å². The molecule has 88 valence electrons. The monoisotopic (exact) mass is 243 g/mol. The molecule has 1 aromatic rings. The van der Waals surface area contributed by atoms with Gasteiger partial charge in [0.05, 0.1) is 4.90 Å². The van der Waals surface area contributed by atoms with Crippen LogP contribution in [0, 0.1) is 6.92 Å². The first-order valence-corrected chi connectivity index (χ1v) is 6.02. The number of rotatable bonds is 3. The zero-order chi connectivity index (χ0) is 12.3. The van der Waals surface area contributed by atoms with Gasteiger partial charge in [0.15, 0.2) is 0 Å². The summed E-state index contributed by atoms with van der Waals surface area (Å²) in [6.07, 6.45) is 0. The van der Waals surface area contributed by atoms with Crippen LogP contribution in [0.3, 0.4) is 0 Å². The third-order valence-corrected chi connectivity index (χ3v) is 3.53. The van der Waals surface area contributed by atoms with Gasteiger partial charge >= 0.3 is 5.97 Å². The molecule has 0 bridgehead atoms. The second kappa shape index (κ2) is 4.63. The number of carbonyl (C=O) groups excluding carboxylic acids is 1. The standard InChI is InChI=1S/C10H13NO4S/c1-8-4-6-10(7-5-8)16(13,14)11(3)15-9(2)12/h4-7H,1-3H3. The van der Waals surface area contributed by atoms with Crippen molar-refractivity contribution in [1.29, 1.82) is 0 Å². The van der Waals surface area contributed by atoms with Crippen LogP contribution in [0.4, 0.5) is 0 Å². The Morgan fingerprint density at radius 3 is 2.19 bits per heavy atom. The van der Waals surface area contributed by atoms with E-state index in [0.29, 0.717) is 4.47 Å². The van der Waals surface area contributed by atoms with E-state index in [1.54, 1.807) is 12.1 Å². The molecule has 0 saturated carbocycles. The average Bonchev–Trinajstić information content (AvgIpc) is 2.17. The molecule has 0 spiro atoms. The van der Waals surface area contributed by atoms with Gasteiger partial charge in [-0.25, -0.2) is 8.42 Å². The smallest absolute Gasteiger partial charge is 0.323 e. The fourth-order valence-electron chi connectivity index (χ4n) is 1.09. The lowest BCUT2D eigenvalue weighted by molar-refractivity contribution is -0.162. The molecule has 0 saturated heterocycles. The molecule has 0 aliphatic rings. The minimum Gasteiger partial charge on any atom is -0.353 e. The predicted octanol–water partition coefficient (Wildman–Crippen LogP) is 1.09. The van der Waals surface area contributed by atoms with Crippen LogP contribution in [0.1, 0.15) is 12.5 Å². The molecular weight excluding hydrogens is 230 g/mol. The molecule has 0 N–H and O–H groups in total. The highest BCUT2D eigenvalue weighted by Crippen LogP contribution is 2.15. The van der Waals surface area contributed by atoms with Gasteiger partial charge in [-0.05, 0) is 23.5 Å². The maximum Gasteiger partial charge on any atom is 0.323 e. The summed E-state index contributed by atoms with van der Waals surface area (Å²) in [6.45, 7) is 2.99. The quantitative estimate of drug-likeness (QED) is 0.745. The number of benzene rings is 1. The summed E-state index contributed by atoms with van der Waals surface area (Å²) < 4.78 is 24.2. The van der Waals surface area contributed by atoms with Crippen LogP contribution >= 0.6 is 0 Å². The number of carbonyl (C=O) groups is 1. The van der Waals surface area contributed by atoms with Crippen LogP contribution in [0.25, 0.3) is 0 Å². The van der Waals surface area contributed by atoms with Crippen molar-refractivity contribution in [1.82, 2.24) is 4.47 Å². The van der Waals surface area contributed by atoms with Gasteiger partial charge in [0, 0.05) is 14.0 Å². The Kier molecular flexibility index (Phi) is 3.66. The van der Waals surface area contributed by atoms with Crippen molar-refractivity contribution in [3.8, 4) is 0 Å². The number of nitrogens with zero attached hydrogens (tertiary/aromatic N) is 1. The molecule has 0 aliphatic carbocycles. The molecular formula is C10H13NO4S. The van der Waals surface area contributed by atoms with Crippen molar-refractivity contribution < 1.29 is 18.0 Å². The van der Waals surface area contributed by atoms with Crippen LogP contribution in [0.15, 0.2) is 29.2 Å². The minimum absolute atomic E-state index is 0.0850. The zero-order valence-electron chi connectivity index (χ0n) is 9.30. The lowest BCUT2D eigenvalue weighted by Gasteiger charge is -2.15. The van der Waals surface area contributed by atoms with Gasteiger partial charge in [-0.2, -0.15) is 0 Å². The Labute approximate surface area is 94.6 Å². The molecule has 5 nitrogen and oxygen atoms in total. The van der Waals surface area contributed by atoms with E-state index in [9.17, 15) is 13.2 Å². The van der Waals surface area contributed by atoms with E-state index in [1.165, 1.54) is 19.2 Å². The molecule has 0 unspecified atom stereocenters. The molecule has 1 aromatic carbocycles. The van der Waals surface area contributed by atoms with Crippen LogP contribution in [-0.4, -0.2) is 25.9 Å². The summed E-state index contributed by atoms with van der Waals surface area (Å²) in [5.41, 5.74) is 0.953. The second-order valence-corrected chi connectivity index (χ2v) is 5.25. The fourth-order valence-corrected chi connectivity index (χ4v) is 2.07. The summed E-state index contributed by atoms with van der Waals surface area (Å²) in [7, 11) is -2.58. The first-order valence-electron chi connectivity index (χ1n) is 4.58. The number of sulfonamides is 1. The van der Waals surface area contributed by atoms with Crippen molar-refractivity contribution >= 4 is 16.0 Å². The summed E-state index contributed by atoms with van der Waals surface area (Å²) >= 11 is 0. The molecule has 0 heterocycles. The molecule has 1 rings (SSSR count). The highest BCUT2D eigenvalue weighted by Gasteiger charge is 2.23. The molecule has 0 fully saturated rings. The van der Waals surface area contributed by atoms with Crippen molar-refractivity contribution in [2.45, 2.75) is 18.7 Å². The average molecular weight is 243 g/mol. The van der Waals surface area contributed by atoms with Crippen molar-refractivity contribution in [3.05, 3.63) is 29.8 Å². The van der Waals surface area contributed by atoms with Crippen molar-refractivity contribution in [2.24, 2.45) is 0 Å². The van der Waals surface area contributed by atoms with Gasteiger partial charge in [-0.3, -0.25) is 4.79 Å². The van der Waals surface area contributed by atoms with Gasteiger partial charge in [0.1, 0.15) is 0 Å². The molecule has 0 aromatic heterocycles. The highest BCUT2D eigenvalue weighted by atomic mass is 32.2. The number of aryl methyl sites for hydroxylation is 1.